The van der Waals surface area contributed by atoms with E-state index in [4.69, 9.17) is 4.74 Å². The monoisotopic (exact) mass is 369 g/mol. The van der Waals surface area contributed by atoms with Crippen LogP contribution in [0.3, 0.4) is 0 Å². The Hall–Kier alpha value is -2.76. The molecular weight excluding hydrogens is 342 g/mol. The van der Waals surface area contributed by atoms with Crippen molar-refractivity contribution in [1.29, 1.82) is 0 Å². The van der Waals surface area contributed by atoms with E-state index in [-0.39, 0.29) is 29.7 Å². The van der Waals surface area contributed by atoms with E-state index in [2.05, 4.69) is 15.6 Å². The number of hydrogen-bond donors (Lipinski definition) is 3. The Kier molecular flexibility index (Phi) is 6.16. The van der Waals surface area contributed by atoms with Crippen LogP contribution in [0.4, 0.5) is 0 Å². The number of amides is 2. The van der Waals surface area contributed by atoms with E-state index < -0.39 is 0 Å². The zero-order valence-electron chi connectivity index (χ0n) is 15.9. The first-order chi connectivity index (χ1) is 13.1. The number of hydrogen-bond acceptors (Lipinski definition) is 3. The van der Waals surface area contributed by atoms with E-state index in [9.17, 15) is 9.59 Å². The second kappa shape index (κ2) is 8.75. The first kappa shape index (κ1) is 19.0. The van der Waals surface area contributed by atoms with Crippen LogP contribution < -0.4 is 15.4 Å². The molecule has 1 unspecified atom stereocenters. The van der Waals surface area contributed by atoms with Crippen molar-refractivity contribution in [3.8, 4) is 5.75 Å². The Morgan fingerprint density at radius 3 is 2.48 bits per heavy atom. The minimum Gasteiger partial charge on any atom is -0.484 e. The maximum absolute atomic E-state index is 12.6. The minimum atomic E-state index is -0.318. The number of rotatable bonds is 6. The fourth-order valence-electron chi connectivity index (χ4n) is 3.44. The second-order valence-corrected chi connectivity index (χ2v) is 6.98. The molecule has 1 fully saturated rings. The molecule has 3 N–H and O–H groups in total. The summed E-state index contributed by atoms with van der Waals surface area (Å²) in [6.07, 6.45) is 5.27. The van der Waals surface area contributed by atoms with Crippen LogP contribution in [0.25, 0.3) is 0 Å². The highest BCUT2D eigenvalue weighted by atomic mass is 16.5. The highest BCUT2D eigenvalue weighted by Gasteiger charge is 2.23. The lowest BCUT2D eigenvalue weighted by molar-refractivity contribution is 0.0923. The normalized spacial score (nSPS) is 15.8. The minimum absolute atomic E-state index is 0.200. The van der Waals surface area contributed by atoms with Gasteiger partial charge in [0.15, 0.2) is 5.75 Å². The summed E-state index contributed by atoms with van der Waals surface area (Å²) in [5, 5.41) is 5.65. The maximum Gasteiger partial charge on any atom is 0.271 e. The predicted octanol–water partition coefficient (Wildman–Crippen LogP) is 3.58. The van der Waals surface area contributed by atoms with Gasteiger partial charge < -0.3 is 20.4 Å². The molecular formula is C21H27N3O3. The molecule has 6 nitrogen and oxygen atoms in total. The van der Waals surface area contributed by atoms with Gasteiger partial charge in [0.2, 0.25) is 0 Å². The summed E-state index contributed by atoms with van der Waals surface area (Å²) in [6, 6.07) is 11.6. The van der Waals surface area contributed by atoms with Crippen molar-refractivity contribution in [1.82, 2.24) is 15.6 Å². The molecule has 1 aliphatic rings. The average Bonchev–Trinajstić information content (AvgIpc) is 3.12. The first-order valence-electron chi connectivity index (χ1n) is 9.56. The third-order valence-electron chi connectivity index (χ3n) is 4.99. The van der Waals surface area contributed by atoms with E-state index >= 15 is 0 Å². The van der Waals surface area contributed by atoms with Crippen molar-refractivity contribution >= 4 is 11.8 Å². The molecule has 0 radical (unpaired) electrons. The van der Waals surface area contributed by atoms with E-state index in [0.717, 1.165) is 31.2 Å². The van der Waals surface area contributed by atoms with Crippen LogP contribution in [0, 0.1) is 0 Å². The number of carbonyl (C=O) groups excluding carboxylic acids is 2. The van der Waals surface area contributed by atoms with Gasteiger partial charge in [0.25, 0.3) is 11.8 Å². The molecule has 0 spiro atoms. The van der Waals surface area contributed by atoms with Crippen LogP contribution in [0.15, 0.2) is 36.4 Å². The lowest BCUT2D eigenvalue weighted by Gasteiger charge is -2.22. The highest BCUT2D eigenvalue weighted by Crippen LogP contribution is 2.27. The van der Waals surface area contributed by atoms with Crippen molar-refractivity contribution in [2.75, 3.05) is 7.05 Å². The zero-order chi connectivity index (χ0) is 19.2. The Labute approximate surface area is 159 Å². The van der Waals surface area contributed by atoms with Crippen molar-refractivity contribution in [3.05, 3.63) is 53.3 Å². The van der Waals surface area contributed by atoms with Gasteiger partial charge in [-0.05, 0) is 25.3 Å². The molecule has 27 heavy (non-hydrogen) atoms. The summed E-state index contributed by atoms with van der Waals surface area (Å²) in [6.45, 7) is 1.91. The van der Waals surface area contributed by atoms with Gasteiger partial charge in [0.1, 0.15) is 17.5 Å². The summed E-state index contributed by atoms with van der Waals surface area (Å²) in [4.78, 5) is 27.8. The molecule has 6 heteroatoms. The molecule has 1 heterocycles. The molecule has 0 saturated heterocycles. The van der Waals surface area contributed by atoms with Gasteiger partial charge in [-0.3, -0.25) is 9.59 Å². The maximum atomic E-state index is 12.6. The number of aromatic nitrogens is 1. The van der Waals surface area contributed by atoms with Gasteiger partial charge in [-0.2, -0.15) is 0 Å². The van der Waals surface area contributed by atoms with Crippen LogP contribution in [-0.2, 0) is 0 Å². The van der Waals surface area contributed by atoms with Gasteiger partial charge >= 0.3 is 0 Å². The first-order valence-corrected chi connectivity index (χ1v) is 9.56. The van der Waals surface area contributed by atoms with Crippen molar-refractivity contribution in [3.63, 3.8) is 0 Å². The molecule has 3 rings (SSSR count). The third kappa shape index (κ3) is 4.70. The summed E-state index contributed by atoms with van der Waals surface area (Å²) in [5.41, 5.74) is 1.60. The van der Waals surface area contributed by atoms with E-state index in [0.29, 0.717) is 11.4 Å². The van der Waals surface area contributed by atoms with Gasteiger partial charge in [0, 0.05) is 19.2 Å². The molecule has 1 saturated carbocycles. The summed E-state index contributed by atoms with van der Waals surface area (Å²) in [7, 11) is 1.55. The Morgan fingerprint density at radius 2 is 1.81 bits per heavy atom. The molecule has 1 aromatic carbocycles. The molecule has 2 aromatic rings. The number of aromatic amines is 1. The molecule has 0 aliphatic heterocycles. The quantitative estimate of drug-likeness (QED) is 0.728. The van der Waals surface area contributed by atoms with Gasteiger partial charge in [-0.15, -0.1) is 0 Å². The van der Waals surface area contributed by atoms with Gasteiger partial charge in [-0.1, -0.05) is 49.6 Å². The lowest BCUT2D eigenvalue weighted by atomic mass is 9.95. The average molecular weight is 369 g/mol. The number of carbonyl (C=O) groups is 2. The SMILES string of the molecule is CNC(=O)c1[nH]c(C(=O)NC2CCCCC2)cc1OC(C)c1ccccc1. The van der Waals surface area contributed by atoms with Crippen molar-refractivity contribution in [2.45, 2.75) is 51.2 Å². The number of ether oxygens (including phenoxy) is 1. The fraction of sp³-hybridized carbons (Fsp3) is 0.429. The predicted molar refractivity (Wildman–Crippen MR) is 104 cm³/mol. The smallest absolute Gasteiger partial charge is 0.271 e. The van der Waals surface area contributed by atoms with Crippen LogP contribution in [0.1, 0.15) is 71.7 Å². The molecule has 1 aromatic heterocycles. The lowest BCUT2D eigenvalue weighted by Crippen LogP contribution is -2.36. The Balaban J connectivity index is 1.78. The van der Waals surface area contributed by atoms with E-state index in [1.165, 1.54) is 6.42 Å². The van der Waals surface area contributed by atoms with Crippen LogP contribution in [0.2, 0.25) is 0 Å². The molecule has 144 valence electrons. The molecule has 1 atom stereocenters. The largest absolute Gasteiger partial charge is 0.484 e. The van der Waals surface area contributed by atoms with Crippen LogP contribution in [0.5, 0.6) is 5.75 Å². The molecule has 0 bridgehead atoms. The van der Waals surface area contributed by atoms with Crippen molar-refractivity contribution in [2.24, 2.45) is 0 Å². The van der Waals surface area contributed by atoms with Gasteiger partial charge in [0.05, 0.1) is 0 Å². The molecule has 2 amide bonds. The van der Waals surface area contributed by atoms with Gasteiger partial charge in [-0.25, -0.2) is 0 Å². The fourth-order valence-corrected chi connectivity index (χ4v) is 3.44. The number of nitrogens with one attached hydrogen (secondary N) is 3. The second-order valence-electron chi connectivity index (χ2n) is 6.98. The number of benzene rings is 1. The number of H-pyrrole nitrogens is 1. The van der Waals surface area contributed by atoms with Crippen molar-refractivity contribution < 1.29 is 14.3 Å². The van der Waals surface area contributed by atoms with Crippen LogP contribution >= 0.6 is 0 Å². The zero-order valence-corrected chi connectivity index (χ0v) is 15.9. The highest BCUT2D eigenvalue weighted by molar-refractivity contribution is 5.99. The summed E-state index contributed by atoms with van der Waals surface area (Å²) < 4.78 is 6.00. The third-order valence-corrected chi connectivity index (χ3v) is 4.99. The Bertz CT molecular complexity index is 779. The van der Waals surface area contributed by atoms with E-state index in [1.807, 2.05) is 37.3 Å². The van der Waals surface area contributed by atoms with Crippen LogP contribution in [-0.4, -0.2) is 29.9 Å². The Morgan fingerprint density at radius 1 is 1.11 bits per heavy atom. The summed E-state index contributed by atoms with van der Waals surface area (Å²) in [5.74, 6) is -0.143. The standard InChI is InChI=1S/C21H27N3O3/c1-14(15-9-5-3-6-10-15)27-18-13-17(24-19(18)21(26)22-2)20(25)23-16-11-7-4-8-12-16/h3,5-6,9-10,13-14,16,24H,4,7-8,11-12H2,1-2H3,(H,22,26)(H,23,25). The molecule has 1 aliphatic carbocycles. The van der Waals surface area contributed by atoms with E-state index in [1.54, 1.807) is 13.1 Å². The summed E-state index contributed by atoms with van der Waals surface area (Å²) >= 11 is 0. The topological polar surface area (TPSA) is 83.2 Å².